The molecule has 6 heteroatoms. The monoisotopic (exact) mass is 322 g/mol. The summed E-state index contributed by atoms with van der Waals surface area (Å²) in [4.78, 5) is 29.9. The Morgan fingerprint density at radius 2 is 2.17 bits per heavy atom. The first kappa shape index (κ1) is 14.7. The molecule has 1 aliphatic rings. The summed E-state index contributed by atoms with van der Waals surface area (Å²) < 4.78 is 1.74. The molecule has 0 radical (unpaired) electrons. The van der Waals surface area contributed by atoms with Crippen molar-refractivity contribution in [3.05, 3.63) is 64.2 Å². The third-order valence-electron chi connectivity index (χ3n) is 4.61. The van der Waals surface area contributed by atoms with Crippen LogP contribution >= 0.6 is 0 Å². The molecule has 1 amide bonds. The molecule has 0 bridgehead atoms. The van der Waals surface area contributed by atoms with E-state index in [0.29, 0.717) is 6.54 Å². The topological polar surface area (TPSA) is 71.0 Å². The number of benzene rings is 1. The summed E-state index contributed by atoms with van der Waals surface area (Å²) in [6.07, 6.45) is 5.54. The molecule has 2 aromatic heterocycles. The second-order valence-corrected chi connectivity index (χ2v) is 6.20. The number of pyridine rings is 1. The van der Waals surface area contributed by atoms with Crippen LogP contribution in [0, 0.1) is 0 Å². The van der Waals surface area contributed by atoms with Crippen LogP contribution in [0.25, 0.3) is 10.9 Å². The number of aryl methyl sites for hydroxylation is 1. The molecule has 4 rings (SSSR count). The largest absolute Gasteiger partial charge is 0.331 e. The van der Waals surface area contributed by atoms with Crippen molar-refractivity contribution < 1.29 is 4.79 Å². The van der Waals surface area contributed by atoms with E-state index in [2.05, 4.69) is 10.1 Å². The van der Waals surface area contributed by atoms with Gasteiger partial charge in [-0.2, -0.15) is 5.10 Å². The fraction of sp³-hybridized carbons (Fsp3) is 0.278. The molecule has 0 saturated carbocycles. The Labute approximate surface area is 138 Å². The van der Waals surface area contributed by atoms with Crippen LogP contribution < -0.4 is 5.56 Å². The maximum absolute atomic E-state index is 13.0. The highest BCUT2D eigenvalue weighted by atomic mass is 16.2. The Kier molecular flexibility index (Phi) is 3.45. The number of amides is 1. The van der Waals surface area contributed by atoms with E-state index >= 15 is 0 Å². The number of rotatable bonds is 2. The first-order valence-electron chi connectivity index (χ1n) is 8.05. The molecule has 1 N–H and O–H groups in total. The van der Waals surface area contributed by atoms with Crippen molar-refractivity contribution in [1.82, 2.24) is 19.7 Å². The van der Waals surface area contributed by atoms with Crippen LogP contribution in [0.3, 0.4) is 0 Å². The zero-order valence-electron chi connectivity index (χ0n) is 13.4. The van der Waals surface area contributed by atoms with Crippen LogP contribution in [0.4, 0.5) is 0 Å². The molecule has 1 fully saturated rings. The fourth-order valence-electron chi connectivity index (χ4n) is 3.43. The number of likely N-dealkylation sites (tertiary alicyclic amines) is 1. The van der Waals surface area contributed by atoms with Crippen molar-refractivity contribution in [3.8, 4) is 0 Å². The van der Waals surface area contributed by atoms with Gasteiger partial charge >= 0.3 is 0 Å². The molecule has 1 atom stereocenters. The third kappa shape index (κ3) is 2.40. The SMILES string of the molecule is Cn1cc([C@@H]2CCCN2C(=O)c2cc3ccccc3[nH]c2=O)cn1. The second-order valence-electron chi connectivity index (χ2n) is 6.20. The van der Waals surface area contributed by atoms with Gasteiger partial charge in [0, 0.05) is 30.9 Å². The summed E-state index contributed by atoms with van der Waals surface area (Å²) in [6, 6.07) is 9.15. The van der Waals surface area contributed by atoms with Gasteiger partial charge < -0.3 is 9.88 Å². The molecule has 1 aromatic carbocycles. The number of carbonyl (C=O) groups is 1. The van der Waals surface area contributed by atoms with E-state index in [0.717, 1.165) is 29.3 Å². The normalized spacial score (nSPS) is 17.5. The maximum atomic E-state index is 13.0. The summed E-state index contributed by atoms with van der Waals surface area (Å²) >= 11 is 0. The average Bonchev–Trinajstić information content (AvgIpc) is 3.22. The lowest BCUT2D eigenvalue weighted by molar-refractivity contribution is 0.0734. The van der Waals surface area contributed by atoms with E-state index in [1.165, 1.54) is 0 Å². The zero-order valence-corrected chi connectivity index (χ0v) is 13.4. The van der Waals surface area contributed by atoms with E-state index < -0.39 is 0 Å². The van der Waals surface area contributed by atoms with E-state index in [1.807, 2.05) is 37.5 Å². The van der Waals surface area contributed by atoms with Crippen molar-refractivity contribution >= 4 is 16.8 Å². The number of para-hydroxylation sites is 1. The molecule has 3 heterocycles. The zero-order chi connectivity index (χ0) is 16.7. The highest BCUT2D eigenvalue weighted by molar-refractivity contribution is 5.97. The van der Waals surface area contributed by atoms with E-state index in [1.54, 1.807) is 21.8 Å². The number of hydrogen-bond donors (Lipinski definition) is 1. The van der Waals surface area contributed by atoms with E-state index in [4.69, 9.17) is 0 Å². The molecule has 0 unspecified atom stereocenters. The lowest BCUT2D eigenvalue weighted by Gasteiger charge is -2.23. The smallest absolute Gasteiger partial charge is 0.261 e. The molecule has 0 spiro atoms. The Morgan fingerprint density at radius 1 is 1.33 bits per heavy atom. The Hall–Kier alpha value is -2.89. The van der Waals surface area contributed by atoms with Crippen molar-refractivity contribution in [1.29, 1.82) is 0 Å². The highest BCUT2D eigenvalue weighted by Gasteiger charge is 2.32. The van der Waals surface area contributed by atoms with Gasteiger partial charge in [-0.3, -0.25) is 14.3 Å². The summed E-state index contributed by atoms with van der Waals surface area (Å²) in [5.74, 6) is -0.214. The minimum Gasteiger partial charge on any atom is -0.331 e. The molecule has 24 heavy (non-hydrogen) atoms. The number of aromatic amines is 1. The molecule has 6 nitrogen and oxygen atoms in total. The predicted molar refractivity (Wildman–Crippen MR) is 90.8 cm³/mol. The first-order chi connectivity index (χ1) is 11.6. The molecular weight excluding hydrogens is 304 g/mol. The van der Waals surface area contributed by atoms with Gasteiger partial charge in [-0.15, -0.1) is 0 Å². The molecule has 0 aliphatic carbocycles. The van der Waals surface area contributed by atoms with Crippen LogP contribution in [0.1, 0.15) is 34.8 Å². The number of aromatic nitrogens is 3. The molecule has 3 aromatic rings. The second kappa shape index (κ2) is 5.63. The summed E-state index contributed by atoms with van der Waals surface area (Å²) in [5.41, 5.74) is 1.62. The number of H-pyrrole nitrogens is 1. The average molecular weight is 322 g/mol. The molecule has 1 aliphatic heterocycles. The van der Waals surface area contributed by atoms with Gasteiger partial charge in [0.25, 0.3) is 11.5 Å². The van der Waals surface area contributed by atoms with Gasteiger partial charge in [0.2, 0.25) is 0 Å². The van der Waals surface area contributed by atoms with E-state index in [9.17, 15) is 9.59 Å². The predicted octanol–water partition coefficient (Wildman–Crippen LogP) is 2.24. The first-order valence-corrected chi connectivity index (χ1v) is 8.05. The minimum atomic E-state index is -0.337. The third-order valence-corrected chi connectivity index (χ3v) is 4.61. The van der Waals surface area contributed by atoms with Crippen LogP contribution in [0.5, 0.6) is 0 Å². The van der Waals surface area contributed by atoms with Crippen LogP contribution in [-0.4, -0.2) is 32.1 Å². The van der Waals surface area contributed by atoms with Gasteiger partial charge in [0.15, 0.2) is 0 Å². The van der Waals surface area contributed by atoms with Crippen molar-refractivity contribution in [2.75, 3.05) is 6.54 Å². The summed E-state index contributed by atoms with van der Waals surface area (Å²) in [7, 11) is 1.86. The van der Waals surface area contributed by atoms with Crippen LogP contribution in [0.2, 0.25) is 0 Å². The van der Waals surface area contributed by atoms with E-state index in [-0.39, 0.29) is 23.1 Å². The van der Waals surface area contributed by atoms with Gasteiger partial charge in [-0.05, 0) is 30.4 Å². The number of nitrogens with zero attached hydrogens (tertiary/aromatic N) is 3. The fourth-order valence-corrected chi connectivity index (χ4v) is 3.43. The lowest BCUT2D eigenvalue weighted by Crippen LogP contribution is -2.34. The lowest BCUT2D eigenvalue weighted by atomic mass is 10.1. The maximum Gasteiger partial charge on any atom is 0.261 e. The summed E-state index contributed by atoms with van der Waals surface area (Å²) in [5, 5.41) is 5.06. The number of nitrogens with one attached hydrogen (secondary N) is 1. The number of carbonyl (C=O) groups excluding carboxylic acids is 1. The van der Waals surface area contributed by atoms with Crippen molar-refractivity contribution in [2.45, 2.75) is 18.9 Å². The highest BCUT2D eigenvalue weighted by Crippen LogP contribution is 2.32. The van der Waals surface area contributed by atoms with Gasteiger partial charge in [-0.25, -0.2) is 0 Å². The molecular formula is C18H18N4O2. The van der Waals surface area contributed by atoms with Crippen LogP contribution in [-0.2, 0) is 7.05 Å². The molecule has 122 valence electrons. The van der Waals surface area contributed by atoms with Crippen molar-refractivity contribution in [2.24, 2.45) is 7.05 Å². The van der Waals surface area contributed by atoms with Crippen molar-refractivity contribution in [3.63, 3.8) is 0 Å². The van der Waals surface area contributed by atoms with Crippen LogP contribution in [0.15, 0.2) is 47.5 Å². The van der Waals surface area contributed by atoms with Gasteiger partial charge in [-0.1, -0.05) is 18.2 Å². The quantitative estimate of drug-likeness (QED) is 0.786. The molecule has 1 saturated heterocycles. The Balaban J connectivity index is 1.72. The minimum absolute atomic E-state index is 0.0166. The van der Waals surface area contributed by atoms with Gasteiger partial charge in [0.1, 0.15) is 5.56 Å². The number of hydrogen-bond acceptors (Lipinski definition) is 3. The standard InChI is InChI=1S/C18H18N4O2/c1-21-11-13(10-19-21)16-7-4-8-22(16)18(24)14-9-12-5-2-3-6-15(12)20-17(14)23/h2-3,5-6,9-11,16H,4,7-8H2,1H3,(H,20,23)/t16-/m0/s1. The Morgan fingerprint density at radius 3 is 2.96 bits per heavy atom. The number of fused-ring (bicyclic) bond motifs is 1. The van der Waals surface area contributed by atoms with Gasteiger partial charge in [0.05, 0.1) is 12.2 Å². The summed E-state index contributed by atoms with van der Waals surface area (Å²) in [6.45, 7) is 0.657. The Bertz CT molecular complexity index is 972.